The minimum atomic E-state index is -0.104. The van der Waals surface area contributed by atoms with Crippen LogP contribution in [0.1, 0.15) is 59.5 Å². The Morgan fingerprint density at radius 1 is 1.08 bits per heavy atom. The van der Waals surface area contributed by atoms with Gasteiger partial charge in [0.1, 0.15) is 0 Å². The average Bonchev–Trinajstić information content (AvgIpc) is 3.29. The molecule has 0 bridgehead atoms. The minimum Gasteiger partial charge on any atom is -0.360 e. The number of pyridine rings is 1. The van der Waals surface area contributed by atoms with Crippen LogP contribution >= 0.6 is 0 Å². The number of aryl methyl sites for hydroxylation is 1. The maximum atomic E-state index is 13.0. The molecule has 2 aromatic heterocycles. The number of nitrogens with one attached hydrogen (secondary N) is 2. The fraction of sp³-hybridized carbons (Fsp3) is 0.419. The van der Waals surface area contributed by atoms with Crippen LogP contribution in [-0.4, -0.2) is 51.6 Å². The zero-order chi connectivity index (χ0) is 26.8. The summed E-state index contributed by atoms with van der Waals surface area (Å²) in [7, 11) is 0. The van der Waals surface area contributed by atoms with Crippen molar-refractivity contribution < 1.29 is 9.32 Å². The van der Waals surface area contributed by atoms with Crippen molar-refractivity contribution in [2.45, 2.75) is 57.9 Å². The SMILES string of the molecule is Cc1nc(-c2ccc3c(c2)CCN(CCC2CCC(NC(=O)c4cccc5c(=O)cc[nH]c45)CC2)CC3)no1. The highest BCUT2D eigenvalue weighted by molar-refractivity contribution is 6.05. The highest BCUT2D eigenvalue weighted by Gasteiger charge is 2.24. The van der Waals surface area contributed by atoms with E-state index in [1.165, 1.54) is 23.6 Å². The molecule has 8 heteroatoms. The number of aromatic nitrogens is 3. The van der Waals surface area contributed by atoms with Crippen molar-refractivity contribution in [3.05, 3.63) is 81.5 Å². The molecule has 3 heterocycles. The van der Waals surface area contributed by atoms with Crippen molar-refractivity contribution >= 4 is 16.8 Å². The third kappa shape index (κ3) is 5.66. The Kier molecular flexibility index (Phi) is 7.28. The first kappa shape index (κ1) is 25.5. The average molecular weight is 526 g/mol. The number of carbonyl (C=O) groups excluding carboxylic acids is 1. The van der Waals surface area contributed by atoms with Crippen LogP contribution in [0.4, 0.5) is 0 Å². The van der Waals surface area contributed by atoms with Crippen molar-refractivity contribution in [2.75, 3.05) is 19.6 Å². The molecule has 4 aromatic rings. The van der Waals surface area contributed by atoms with Crippen LogP contribution in [0.3, 0.4) is 0 Å². The molecule has 1 aliphatic heterocycles. The summed E-state index contributed by atoms with van der Waals surface area (Å²) in [5.41, 5.74) is 4.91. The van der Waals surface area contributed by atoms with Gasteiger partial charge >= 0.3 is 0 Å². The molecule has 6 rings (SSSR count). The van der Waals surface area contributed by atoms with Gasteiger partial charge in [-0.3, -0.25) is 9.59 Å². The molecular weight excluding hydrogens is 490 g/mol. The van der Waals surface area contributed by atoms with Crippen molar-refractivity contribution in [1.29, 1.82) is 0 Å². The van der Waals surface area contributed by atoms with Crippen LogP contribution in [0.2, 0.25) is 0 Å². The molecule has 1 amide bonds. The molecule has 2 N–H and O–H groups in total. The first-order valence-corrected chi connectivity index (χ1v) is 14.1. The molecular formula is C31H35N5O3. The van der Waals surface area contributed by atoms with Crippen molar-refractivity contribution in [3.63, 3.8) is 0 Å². The lowest BCUT2D eigenvalue weighted by atomic mass is 9.84. The van der Waals surface area contributed by atoms with Gasteiger partial charge < -0.3 is 19.7 Å². The number of nitrogens with zero attached hydrogens (tertiary/aromatic N) is 3. The van der Waals surface area contributed by atoms with E-state index in [-0.39, 0.29) is 17.4 Å². The van der Waals surface area contributed by atoms with Crippen LogP contribution in [0, 0.1) is 12.8 Å². The van der Waals surface area contributed by atoms with Crippen LogP contribution in [0.25, 0.3) is 22.3 Å². The van der Waals surface area contributed by atoms with Crippen molar-refractivity contribution in [2.24, 2.45) is 5.92 Å². The smallest absolute Gasteiger partial charge is 0.253 e. The Balaban J connectivity index is 0.979. The zero-order valence-corrected chi connectivity index (χ0v) is 22.4. The summed E-state index contributed by atoms with van der Waals surface area (Å²) in [5.74, 6) is 1.85. The molecule has 39 heavy (non-hydrogen) atoms. The maximum Gasteiger partial charge on any atom is 0.253 e. The number of hydrogen-bond donors (Lipinski definition) is 2. The van der Waals surface area contributed by atoms with Gasteiger partial charge in [0.25, 0.3) is 5.91 Å². The lowest BCUT2D eigenvalue weighted by molar-refractivity contribution is 0.0921. The quantitative estimate of drug-likeness (QED) is 0.379. The normalized spacial score (nSPS) is 19.9. The number of amides is 1. The number of benzene rings is 2. The van der Waals surface area contributed by atoms with Gasteiger partial charge in [-0.25, -0.2) is 0 Å². The number of rotatable bonds is 6. The van der Waals surface area contributed by atoms with Gasteiger partial charge in [0.05, 0.1) is 11.1 Å². The third-order valence-corrected chi connectivity index (χ3v) is 8.46. The van der Waals surface area contributed by atoms with Crippen LogP contribution < -0.4 is 10.7 Å². The van der Waals surface area contributed by atoms with E-state index < -0.39 is 0 Å². The van der Waals surface area contributed by atoms with Crippen LogP contribution in [0.15, 0.2) is 58.0 Å². The van der Waals surface area contributed by atoms with E-state index >= 15 is 0 Å². The van der Waals surface area contributed by atoms with Crippen molar-refractivity contribution in [3.8, 4) is 11.4 Å². The first-order valence-electron chi connectivity index (χ1n) is 14.1. The standard InChI is InChI=1S/C31H35N5O3/c1-20-33-30(35-39-20)24-8-7-22-13-17-36(18-14-23(22)19-24)16-12-21-5-9-25(10-6-21)34-31(38)27-4-2-3-26-28(37)11-15-32-29(26)27/h2-4,7-8,11,15,19,21,25H,5-6,9-10,12-14,16-18H2,1H3,(H,32,37)(H,34,38). The second kappa shape index (κ2) is 11.1. The Morgan fingerprint density at radius 3 is 2.69 bits per heavy atom. The first-order chi connectivity index (χ1) is 19.0. The van der Waals surface area contributed by atoms with Gasteiger partial charge in [-0.2, -0.15) is 4.98 Å². The molecule has 0 spiro atoms. The molecule has 0 radical (unpaired) electrons. The molecule has 202 valence electrons. The monoisotopic (exact) mass is 525 g/mol. The van der Waals surface area contributed by atoms with E-state index in [1.807, 2.05) is 6.92 Å². The van der Waals surface area contributed by atoms with E-state index in [0.29, 0.717) is 34.1 Å². The molecule has 1 fully saturated rings. The molecule has 0 atom stereocenters. The number of carbonyl (C=O) groups is 1. The van der Waals surface area contributed by atoms with E-state index in [4.69, 9.17) is 4.52 Å². The summed E-state index contributed by atoms with van der Waals surface area (Å²) in [6.07, 6.45) is 9.19. The number of H-pyrrole nitrogens is 1. The largest absolute Gasteiger partial charge is 0.360 e. The predicted molar refractivity (Wildman–Crippen MR) is 151 cm³/mol. The number of para-hydroxylation sites is 1. The summed E-state index contributed by atoms with van der Waals surface area (Å²) >= 11 is 0. The molecule has 2 aliphatic rings. The molecule has 1 aliphatic carbocycles. The summed E-state index contributed by atoms with van der Waals surface area (Å²) in [5, 5.41) is 7.85. The number of fused-ring (bicyclic) bond motifs is 2. The summed E-state index contributed by atoms with van der Waals surface area (Å²) in [6, 6.07) is 13.6. The van der Waals surface area contributed by atoms with E-state index in [1.54, 1.807) is 24.4 Å². The Morgan fingerprint density at radius 2 is 1.90 bits per heavy atom. The molecule has 1 saturated carbocycles. The fourth-order valence-electron chi connectivity index (χ4n) is 6.17. The second-order valence-corrected chi connectivity index (χ2v) is 11.0. The topological polar surface area (TPSA) is 104 Å². The lowest BCUT2D eigenvalue weighted by Crippen LogP contribution is -2.38. The van der Waals surface area contributed by atoms with Gasteiger partial charge in [-0.1, -0.05) is 23.4 Å². The maximum absolute atomic E-state index is 13.0. The van der Waals surface area contributed by atoms with Gasteiger partial charge in [0.15, 0.2) is 5.43 Å². The van der Waals surface area contributed by atoms with Crippen LogP contribution in [-0.2, 0) is 12.8 Å². The summed E-state index contributed by atoms with van der Waals surface area (Å²) in [6.45, 7) is 5.10. The van der Waals surface area contributed by atoms with Gasteiger partial charge in [0, 0.05) is 49.3 Å². The Labute approximate surface area is 227 Å². The number of hydrogen-bond acceptors (Lipinski definition) is 6. The van der Waals surface area contributed by atoms with Gasteiger partial charge in [0.2, 0.25) is 11.7 Å². The number of aromatic amines is 1. The van der Waals surface area contributed by atoms with E-state index in [0.717, 1.165) is 63.7 Å². The summed E-state index contributed by atoms with van der Waals surface area (Å²) in [4.78, 5) is 35.2. The minimum absolute atomic E-state index is 0.0733. The highest BCUT2D eigenvalue weighted by atomic mass is 16.5. The zero-order valence-electron chi connectivity index (χ0n) is 22.4. The fourth-order valence-corrected chi connectivity index (χ4v) is 6.17. The molecule has 2 aromatic carbocycles. The molecule has 0 saturated heterocycles. The molecule has 0 unspecified atom stereocenters. The third-order valence-electron chi connectivity index (χ3n) is 8.46. The van der Waals surface area contributed by atoms with Gasteiger partial charge in [-0.15, -0.1) is 0 Å². The summed E-state index contributed by atoms with van der Waals surface area (Å²) < 4.78 is 5.16. The van der Waals surface area contributed by atoms with Crippen molar-refractivity contribution in [1.82, 2.24) is 25.3 Å². The lowest BCUT2D eigenvalue weighted by Gasteiger charge is -2.31. The van der Waals surface area contributed by atoms with E-state index in [9.17, 15) is 9.59 Å². The van der Waals surface area contributed by atoms with E-state index in [2.05, 4.69) is 43.5 Å². The van der Waals surface area contributed by atoms with Crippen LogP contribution in [0.5, 0.6) is 0 Å². The molecule has 8 nitrogen and oxygen atoms in total. The second-order valence-electron chi connectivity index (χ2n) is 11.0. The van der Waals surface area contributed by atoms with Gasteiger partial charge in [-0.05, 0) is 86.7 Å². The Bertz CT molecular complexity index is 1530. The predicted octanol–water partition coefficient (Wildman–Crippen LogP) is 4.67. The Hall–Kier alpha value is -3.78. The highest BCUT2D eigenvalue weighted by Crippen LogP contribution is 2.29.